The number of carbonyl (C=O) groups is 1. The van der Waals surface area contributed by atoms with Crippen LogP contribution in [0, 0.1) is 0 Å². The zero-order valence-corrected chi connectivity index (χ0v) is 12.8. The summed E-state index contributed by atoms with van der Waals surface area (Å²) in [5.41, 5.74) is 0. The van der Waals surface area contributed by atoms with Gasteiger partial charge >= 0.3 is 19.8 Å². The molecule has 0 spiro atoms. The van der Waals surface area contributed by atoms with Crippen molar-refractivity contribution in [2.75, 3.05) is 38.0 Å². The second-order valence-electron chi connectivity index (χ2n) is 3.94. The van der Waals surface area contributed by atoms with E-state index in [0.717, 1.165) is 0 Å². The van der Waals surface area contributed by atoms with Crippen molar-refractivity contribution >= 4 is 36.8 Å². The molecule has 1 atom stereocenters. The van der Waals surface area contributed by atoms with E-state index in [9.17, 15) is 22.5 Å². The van der Waals surface area contributed by atoms with Crippen LogP contribution in [0.2, 0.25) is 0 Å². The van der Waals surface area contributed by atoms with Gasteiger partial charge in [0.05, 0.1) is 6.61 Å². The Bertz CT molecular complexity index is 395. The molecule has 118 valence electrons. The smallest absolute Gasteiger partial charge is 0.302 e. The Balaban J connectivity index is 3.09. The predicted molar refractivity (Wildman–Crippen MR) is 69.0 cm³/mol. The molecule has 5 nitrogen and oxygen atoms in total. The predicted octanol–water partition coefficient (Wildman–Crippen LogP) is 2.69. The first-order chi connectivity index (χ1) is 9.27. The molecule has 0 radical (unpaired) electrons. The Morgan fingerprint density at radius 2 is 2.00 bits per heavy atom. The van der Waals surface area contributed by atoms with Crippen LogP contribution in [0.4, 0.5) is 13.2 Å². The van der Waals surface area contributed by atoms with Crippen molar-refractivity contribution in [1.29, 1.82) is 0 Å². The summed E-state index contributed by atoms with van der Waals surface area (Å²) in [6.07, 6.45) is -4.65. The topological polar surface area (TPSA) is 49.9 Å². The van der Waals surface area contributed by atoms with Gasteiger partial charge in [0.2, 0.25) is 0 Å². The highest BCUT2D eigenvalue weighted by molar-refractivity contribution is 7.54. The number of nitrogens with zero attached hydrogens (tertiary/aromatic N) is 2. The number of alkyl halides is 5. The molecule has 0 bridgehead atoms. The van der Waals surface area contributed by atoms with Crippen LogP contribution in [0.3, 0.4) is 0 Å². The Morgan fingerprint density at radius 1 is 1.35 bits per heavy atom. The fourth-order valence-corrected chi connectivity index (χ4v) is 4.79. The van der Waals surface area contributed by atoms with E-state index < -0.39 is 26.3 Å². The van der Waals surface area contributed by atoms with E-state index in [1.54, 1.807) is 0 Å². The molecular weight excluding hydrogens is 343 g/mol. The molecule has 0 aromatic rings. The van der Waals surface area contributed by atoms with Gasteiger partial charge in [0.15, 0.2) is 0 Å². The van der Waals surface area contributed by atoms with Gasteiger partial charge in [0.25, 0.3) is 0 Å². The van der Waals surface area contributed by atoms with Crippen LogP contribution in [-0.4, -0.2) is 59.4 Å². The molecule has 1 aliphatic rings. The van der Waals surface area contributed by atoms with Crippen molar-refractivity contribution in [3.63, 3.8) is 0 Å². The van der Waals surface area contributed by atoms with Crippen molar-refractivity contribution in [3.05, 3.63) is 0 Å². The Hall–Kier alpha value is -0.0100. The minimum atomic E-state index is -5.14. The first-order valence-corrected chi connectivity index (χ1v) is 8.38. The average Bonchev–Trinajstić information content (AvgIpc) is 2.37. The third-order valence-corrected chi connectivity index (χ3v) is 5.56. The van der Waals surface area contributed by atoms with Gasteiger partial charge in [-0.1, -0.05) is 0 Å². The van der Waals surface area contributed by atoms with Crippen molar-refractivity contribution in [2.24, 2.45) is 0 Å². The number of rotatable bonds is 5. The molecule has 0 saturated carbocycles. The first-order valence-electron chi connectivity index (χ1n) is 5.78. The molecule has 0 aromatic heterocycles. The van der Waals surface area contributed by atoms with Gasteiger partial charge in [-0.25, -0.2) is 9.24 Å². The lowest BCUT2D eigenvalue weighted by Gasteiger charge is -2.40. The van der Waals surface area contributed by atoms with Gasteiger partial charge in [-0.3, -0.25) is 9.46 Å². The molecular formula is C9H14Cl2F3N2O3P. The van der Waals surface area contributed by atoms with E-state index in [-0.39, 0.29) is 36.1 Å². The molecule has 0 aliphatic carbocycles. The van der Waals surface area contributed by atoms with E-state index in [4.69, 9.17) is 27.7 Å². The molecule has 1 saturated heterocycles. The molecule has 20 heavy (non-hydrogen) atoms. The molecule has 0 aromatic carbocycles. The van der Waals surface area contributed by atoms with E-state index in [2.05, 4.69) is 0 Å². The Kier molecular flexibility index (Phi) is 6.60. The van der Waals surface area contributed by atoms with E-state index in [1.807, 2.05) is 0 Å². The highest BCUT2D eigenvalue weighted by Gasteiger charge is 2.52. The summed E-state index contributed by atoms with van der Waals surface area (Å²) in [7, 11) is -4.09. The summed E-state index contributed by atoms with van der Waals surface area (Å²) in [6, 6.07) is 0. The third kappa shape index (κ3) is 4.01. The zero-order chi connectivity index (χ0) is 15.4. The summed E-state index contributed by atoms with van der Waals surface area (Å²) in [4.78, 5) is 11.4. The highest BCUT2D eigenvalue weighted by Crippen LogP contribution is 2.57. The lowest BCUT2D eigenvalue weighted by molar-refractivity contribution is -0.181. The third-order valence-electron chi connectivity index (χ3n) is 2.60. The number of carbonyl (C=O) groups excluding carboxylic acids is 1. The van der Waals surface area contributed by atoms with Crippen LogP contribution < -0.4 is 0 Å². The molecule has 1 heterocycles. The maximum atomic E-state index is 12.7. The van der Waals surface area contributed by atoms with Gasteiger partial charge in [0.1, 0.15) is 0 Å². The molecule has 0 N–H and O–H groups in total. The van der Waals surface area contributed by atoms with Gasteiger partial charge in [0, 0.05) is 31.4 Å². The van der Waals surface area contributed by atoms with Crippen LogP contribution >= 0.6 is 30.9 Å². The van der Waals surface area contributed by atoms with E-state index in [1.165, 1.54) is 4.67 Å². The fourth-order valence-electron chi connectivity index (χ4n) is 1.77. The SMILES string of the molecule is O=C(N(CCCl)P1(=O)OCCCN1CCCl)C(F)(F)F. The highest BCUT2D eigenvalue weighted by atomic mass is 35.5. The van der Waals surface area contributed by atoms with Crippen molar-refractivity contribution < 1.29 is 27.1 Å². The molecule has 1 fully saturated rings. The molecule has 1 amide bonds. The minimum Gasteiger partial charge on any atom is -0.302 e. The minimum absolute atomic E-state index is 0.0139. The van der Waals surface area contributed by atoms with Crippen molar-refractivity contribution in [3.8, 4) is 0 Å². The monoisotopic (exact) mass is 356 g/mol. The zero-order valence-electron chi connectivity index (χ0n) is 10.4. The van der Waals surface area contributed by atoms with Crippen LogP contribution in [0.1, 0.15) is 6.42 Å². The first kappa shape index (κ1) is 18.0. The Labute approximate surface area is 124 Å². The second kappa shape index (κ2) is 7.31. The Morgan fingerprint density at radius 3 is 2.50 bits per heavy atom. The fraction of sp³-hybridized carbons (Fsp3) is 0.889. The number of hydrogen-bond donors (Lipinski definition) is 0. The summed E-state index contributed by atoms with van der Waals surface area (Å²) >= 11 is 11.0. The van der Waals surface area contributed by atoms with Crippen molar-refractivity contribution in [2.45, 2.75) is 12.6 Å². The van der Waals surface area contributed by atoms with Gasteiger partial charge < -0.3 is 4.52 Å². The second-order valence-corrected chi connectivity index (χ2v) is 6.98. The van der Waals surface area contributed by atoms with Gasteiger partial charge in [-0.05, 0) is 6.42 Å². The number of halogens is 5. The van der Waals surface area contributed by atoms with Crippen molar-refractivity contribution in [1.82, 2.24) is 9.34 Å². The van der Waals surface area contributed by atoms with Crippen LogP contribution in [-0.2, 0) is 13.9 Å². The quantitative estimate of drug-likeness (QED) is 0.561. The number of hydrogen-bond acceptors (Lipinski definition) is 3. The maximum absolute atomic E-state index is 12.7. The lowest BCUT2D eigenvalue weighted by Crippen LogP contribution is -2.46. The summed E-state index contributed by atoms with van der Waals surface area (Å²) in [5, 5.41) is 0. The van der Waals surface area contributed by atoms with E-state index >= 15 is 0 Å². The summed E-state index contributed by atoms with van der Waals surface area (Å²) in [5.74, 6) is -2.45. The molecule has 1 aliphatic heterocycles. The average molecular weight is 357 g/mol. The molecule has 11 heteroatoms. The summed E-state index contributed by atoms with van der Waals surface area (Å²) < 4.78 is 56.9. The normalized spacial score (nSPS) is 24.6. The van der Waals surface area contributed by atoms with Gasteiger partial charge in [-0.15, -0.1) is 23.2 Å². The van der Waals surface area contributed by atoms with Crippen LogP contribution in [0.5, 0.6) is 0 Å². The van der Waals surface area contributed by atoms with Crippen LogP contribution in [0.15, 0.2) is 0 Å². The maximum Gasteiger partial charge on any atom is 0.471 e. The standard InChI is InChI=1S/C9H14Cl2F3N2O3P/c10-2-5-15-4-1-7-19-20(15,18)16(6-3-11)8(17)9(12,13)14/h1-7H2. The van der Waals surface area contributed by atoms with E-state index in [0.29, 0.717) is 6.42 Å². The number of amides is 1. The van der Waals surface area contributed by atoms with Gasteiger partial charge in [-0.2, -0.15) is 13.2 Å². The molecule has 1 rings (SSSR count). The molecule has 1 unspecified atom stereocenters. The van der Waals surface area contributed by atoms with Crippen LogP contribution in [0.25, 0.3) is 0 Å². The summed E-state index contributed by atoms with van der Waals surface area (Å²) in [6.45, 7) is -0.202. The lowest BCUT2D eigenvalue weighted by atomic mass is 10.4. The largest absolute Gasteiger partial charge is 0.471 e.